The van der Waals surface area contributed by atoms with Crippen molar-refractivity contribution >= 4 is 5.91 Å². The Balaban J connectivity index is 2.70. The Hall–Kier alpha value is -1.55. The van der Waals surface area contributed by atoms with Crippen molar-refractivity contribution in [3.63, 3.8) is 0 Å². The quantitative estimate of drug-likeness (QED) is 0.837. The van der Waals surface area contributed by atoms with E-state index >= 15 is 0 Å². The molecule has 0 bridgehead atoms. The Labute approximate surface area is 109 Å². The number of amides is 1. The minimum Gasteiger partial charge on any atom is -0.497 e. The van der Waals surface area contributed by atoms with Gasteiger partial charge in [0.15, 0.2) is 0 Å². The van der Waals surface area contributed by atoms with Crippen molar-refractivity contribution in [1.29, 1.82) is 0 Å². The first kappa shape index (κ1) is 14.5. The molecule has 0 aliphatic heterocycles. The predicted octanol–water partition coefficient (Wildman–Crippen LogP) is 1.78. The second-order valence-electron chi connectivity index (χ2n) is 4.22. The van der Waals surface area contributed by atoms with Gasteiger partial charge < -0.3 is 15.4 Å². The predicted molar refractivity (Wildman–Crippen MR) is 72.4 cm³/mol. The zero-order valence-corrected chi connectivity index (χ0v) is 11.3. The van der Waals surface area contributed by atoms with E-state index in [1.165, 1.54) is 0 Å². The number of methoxy groups -OCH3 is 1. The molecule has 0 aromatic heterocycles. The second-order valence-corrected chi connectivity index (χ2v) is 4.22. The van der Waals surface area contributed by atoms with Crippen LogP contribution in [0.15, 0.2) is 24.3 Å². The van der Waals surface area contributed by atoms with E-state index in [2.05, 4.69) is 0 Å². The molecule has 4 nitrogen and oxygen atoms in total. The first-order valence-corrected chi connectivity index (χ1v) is 6.29. The normalized spacial score (nSPS) is 12.0. The summed E-state index contributed by atoms with van der Waals surface area (Å²) in [7, 11) is 1.64. The third-order valence-corrected chi connectivity index (χ3v) is 2.98. The maximum Gasteiger partial charge on any atom is 0.239 e. The van der Waals surface area contributed by atoms with Crippen molar-refractivity contribution < 1.29 is 9.53 Å². The number of benzene rings is 1. The number of carbonyl (C=O) groups excluding carboxylic acids is 1. The zero-order valence-electron chi connectivity index (χ0n) is 11.3. The fourth-order valence-corrected chi connectivity index (χ4v) is 1.71. The van der Waals surface area contributed by atoms with Gasteiger partial charge in [0.1, 0.15) is 5.75 Å². The van der Waals surface area contributed by atoms with E-state index in [9.17, 15) is 4.79 Å². The van der Waals surface area contributed by atoms with Gasteiger partial charge in [0.2, 0.25) is 5.91 Å². The van der Waals surface area contributed by atoms with Crippen molar-refractivity contribution in [2.45, 2.75) is 32.9 Å². The van der Waals surface area contributed by atoms with Gasteiger partial charge in [-0.2, -0.15) is 0 Å². The van der Waals surface area contributed by atoms with Gasteiger partial charge in [-0.25, -0.2) is 0 Å². The molecule has 100 valence electrons. The highest BCUT2D eigenvalue weighted by molar-refractivity contribution is 5.81. The van der Waals surface area contributed by atoms with Crippen LogP contribution >= 0.6 is 0 Å². The molecule has 0 unspecified atom stereocenters. The third kappa shape index (κ3) is 3.74. The first-order valence-electron chi connectivity index (χ1n) is 6.29. The molecule has 0 saturated heterocycles. The molecule has 18 heavy (non-hydrogen) atoms. The van der Waals surface area contributed by atoms with Crippen LogP contribution in [0.4, 0.5) is 0 Å². The standard InChI is InChI=1S/C14H22N2O2/c1-4-13(15)14(17)16(5-2)10-11-6-8-12(18-3)9-7-11/h6-9,13H,4-5,10,15H2,1-3H3/t13-/m0/s1. The number of carbonyl (C=O) groups is 1. The van der Waals surface area contributed by atoms with Gasteiger partial charge in [-0.1, -0.05) is 19.1 Å². The van der Waals surface area contributed by atoms with E-state index in [4.69, 9.17) is 10.5 Å². The topological polar surface area (TPSA) is 55.6 Å². The van der Waals surface area contributed by atoms with Crippen LogP contribution in [0.3, 0.4) is 0 Å². The lowest BCUT2D eigenvalue weighted by atomic mass is 10.1. The van der Waals surface area contributed by atoms with Crippen LogP contribution in [0.25, 0.3) is 0 Å². The molecule has 2 N–H and O–H groups in total. The number of rotatable bonds is 6. The average Bonchev–Trinajstić information content (AvgIpc) is 2.43. The van der Waals surface area contributed by atoms with Crippen molar-refractivity contribution in [3.8, 4) is 5.75 Å². The SMILES string of the molecule is CC[C@H](N)C(=O)N(CC)Cc1ccc(OC)cc1. The molecule has 0 saturated carbocycles. The largest absolute Gasteiger partial charge is 0.497 e. The molecule has 1 aromatic rings. The number of hydrogen-bond acceptors (Lipinski definition) is 3. The minimum atomic E-state index is -0.400. The van der Waals surface area contributed by atoms with Crippen LogP contribution in [-0.4, -0.2) is 30.5 Å². The van der Waals surface area contributed by atoms with Crippen LogP contribution in [0.1, 0.15) is 25.8 Å². The number of ether oxygens (including phenoxy) is 1. The number of hydrogen-bond donors (Lipinski definition) is 1. The van der Waals surface area contributed by atoms with Gasteiger partial charge in [-0.15, -0.1) is 0 Å². The third-order valence-electron chi connectivity index (χ3n) is 2.98. The van der Waals surface area contributed by atoms with E-state index < -0.39 is 6.04 Å². The van der Waals surface area contributed by atoms with Crippen molar-refractivity contribution in [2.75, 3.05) is 13.7 Å². The summed E-state index contributed by atoms with van der Waals surface area (Å²) in [5, 5.41) is 0. The molecule has 1 aromatic carbocycles. The Morgan fingerprint density at radius 3 is 2.39 bits per heavy atom. The summed E-state index contributed by atoms with van der Waals surface area (Å²) in [4.78, 5) is 13.8. The molecule has 0 heterocycles. The maximum atomic E-state index is 12.0. The molecular weight excluding hydrogens is 228 g/mol. The fourth-order valence-electron chi connectivity index (χ4n) is 1.71. The van der Waals surface area contributed by atoms with E-state index in [1.54, 1.807) is 12.0 Å². The van der Waals surface area contributed by atoms with E-state index in [1.807, 2.05) is 38.1 Å². The molecule has 1 rings (SSSR count). The summed E-state index contributed by atoms with van der Waals surface area (Å²) >= 11 is 0. The van der Waals surface area contributed by atoms with Crippen LogP contribution in [0.2, 0.25) is 0 Å². The smallest absolute Gasteiger partial charge is 0.239 e. The highest BCUT2D eigenvalue weighted by Crippen LogP contribution is 2.13. The Morgan fingerprint density at radius 2 is 1.94 bits per heavy atom. The molecule has 0 aliphatic carbocycles. The van der Waals surface area contributed by atoms with Crippen LogP contribution in [-0.2, 0) is 11.3 Å². The number of likely N-dealkylation sites (N-methyl/N-ethyl adjacent to an activating group) is 1. The molecule has 1 amide bonds. The van der Waals surface area contributed by atoms with Crippen LogP contribution < -0.4 is 10.5 Å². The van der Waals surface area contributed by atoms with Gasteiger partial charge in [-0.3, -0.25) is 4.79 Å². The Morgan fingerprint density at radius 1 is 1.33 bits per heavy atom. The average molecular weight is 250 g/mol. The summed E-state index contributed by atoms with van der Waals surface area (Å²) in [6.45, 7) is 5.14. The van der Waals surface area contributed by atoms with E-state index in [0.717, 1.165) is 11.3 Å². The summed E-state index contributed by atoms with van der Waals surface area (Å²) < 4.78 is 5.10. The molecule has 0 radical (unpaired) electrons. The Kier molecular flexibility index (Phi) is 5.65. The molecule has 0 aliphatic rings. The summed E-state index contributed by atoms with van der Waals surface area (Å²) in [5.41, 5.74) is 6.86. The van der Waals surface area contributed by atoms with Gasteiger partial charge >= 0.3 is 0 Å². The van der Waals surface area contributed by atoms with Crippen molar-refractivity contribution in [3.05, 3.63) is 29.8 Å². The lowest BCUT2D eigenvalue weighted by Crippen LogP contribution is -2.42. The van der Waals surface area contributed by atoms with Crippen LogP contribution in [0, 0.1) is 0 Å². The van der Waals surface area contributed by atoms with Crippen LogP contribution in [0.5, 0.6) is 5.75 Å². The zero-order chi connectivity index (χ0) is 13.5. The molecule has 0 fully saturated rings. The summed E-state index contributed by atoms with van der Waals surface area (Å²) in [6.07, 6.45) is 0.665. The number of nitrogens with two attached hydrogens (primary N) is 1. The summed E-state index contributed by atoms with van der Waals surface area (Å²) in [5.74, 6) is 0.828. The molecular formula is C14H22N2O2. The molecule has 0 spiro atoms. The van der Waals surface area contributed by atoms with Gasteiger partial charge in [-0.05, 0) is 31.0 Å². The lowest BCUT2D eigenvalue weighted by Gasteiger charge is -2.24. The lowest BCUT2D eigenvalue weighted by molar-refractivity contribution is -0.133. The van der Waals surface area contributed by atoms with Gasteiger partial charge in [0.25, 0.3) is 0 Å². The number of nitrogens with zero attached hydrogens (tertiary/aromatic N) is 1. The first-order chi connectivity index (χ1) is 8.62. The maximum absolute atomic E-state index is 12.0. The van der Waals surface area contributed by atoms with Crippen molar-refractivity contribution in [2.24, 2.45) is 5.73 Å². The monoisotopic (exact) mass is 250 g/mol. The highest BCUT2D eigenvalue weighted by atomic mass is 16.5. The fraction of sp³-hybridized carbons (Fsp3) is 0.500. The van der Waals surface area contributed by atoms with Gasteiger partial charge in [0, 0.05) is 13.1 Å². The second kappa shape index (κ2) is 7.01. The molecule has 1 atom stereocenters. The molecule has 4 heteroatoms. The van der Waals surface area contributed by atoms with E-state index in [-0.39, 0.29) is 5.91 Å². The minimum absolute atomic E-state index is 0.0100. The Bertz CT molecular complexity index is 376. The van der Waals surface area contributed by atoms with Crippen molar-refractivity contribution in [1.82, 2.24) is 4.90 Å². The summed E-state index contributed by atoms with van der Waals surface area (Å²) in [6, 6.07) is 7.32. The van der Waals surface area contributed by atoms with E-state index in [0.29, 0.717) is 19.5 Å². The highest BCUT2D eigenvalue weighted by Gasteiger charge is 2.18. The van der Waals surface area contributed by atoms with Gasteiger partial charge in [0.05, 0.1) is 13.2 Å².